The van der Waals surface area contributed by atoms with Crippen LogP contribution in [0.2, 0.25) is 0 Å². The monoisotopic (exact) mass is 318 g/mol. The van der Waals surface area contributed by atoms with Crippen LogP contribution in [0.15, 0.2) is 18.3 Å². The normalized spacial score (nSPS) is 15.5. The van der Waals surface area contributed by atoms with Gasteiger partial charge in [-0.1, -0.05) is 0 Å². The number of amides is 2. The van der Waals surface area contributed by atoms with Gasteiger partial charge in [-0.3, -0.25) is 0 Å². The molecule has 0 saturated carbocycles. The van der Waals surface area contributed by atoms with Crippen LogP contribution in [0.25, 0.3) is 0 Å². The molecule has 22 heavy (non-hydrogen) atoms. The zero-order valence-corrected chi connectivity index (χ0v) is 11.8. The van der Waals surface area contributed by atoms with Gasteiger partial charge >= 0.3 is 12.2 Å². The molecule has 1 aromatic heterocycles. The van der Waals surface area contributed by atoms with Crippen LogP contribution in [0, 0.1) is 0 Å². The molecule has 122 valence electrons. The summed E-state index contributed by atoms with van der Waals surface area (Å²) < 4.78 is 41.2. The maximum absolute atomic E-state index is 12.0. The van der Waals surface area contributed by atoms with Crippen molar-refractivity contribution in [2.75, 3.05) is 37.7 Å². The van der Waals surface area contributed by atoms with Crippen molar-refractivity contribution in [3.8, 4) is 0 Å². The standard InChI is InChI=1S/C13H17F3N4O2/c14-13(15,16)9-19-12(21)18-8-10-1-2-17-11(7-10)20-3-5-22-6-4-20/h1-2,7H,3-6,8-9H2,(H2,18,19,21). The molecule has 0 spiro atoms. The summed E-state index contributed by atoms with van der Waals surface area (Å²) in [4.78, 5) is 17.6. The first-order valence-electron chi connectivity index (χ1n) is 6.80. The molecule has 1 saturated heterocycles. The summed E-state index contributed by atoms with van der Waals surface area (Å²) in [6.07, 6.45) is -2.81. The summed E-state index contributed by atoms with van der Waals surface area (Å²) in [5, 5.41) is 4.13. The van der Waals surface area contributed by atoms with Gasteiger partial charge in [0.1, 0.15) is 12.4 Å². The van der Waals surface area contributed by atoms with Gasteiger partial charge < -0.3 is 20.3 Å². The fraction of sp³-hybridized carbons (Fsp3) is 0.538. The maximum Gasteiger partial charge on any atom is 0.405 e. The lowest BCUT2D eigenvalue weighted by atomic mass is 10.2. The molecular formula is C13H17F3N4O2. The van der Waals surface area contributed by atoms with E-state index in [-0.39, 0.29) is 6.54 Å². The molecule has 0 atom stereocenters. The molecule has 2 heterocycles. The van der Waals surface area contributed by atoms with Crippen molar-refractivity contribution in [1.29, 1.82) is 0 Å². The van der Waals surface area contributed by atoms with Crippen LogP contribution in [-0.2, 0) is 11.3 Å². The Labute approximate surface area is 125 Å². The van der Waals surface area contributed by atoms with E-state index in [2.05, 4.69) is 15.2 Å². The van der Waals surface area contributed by atoms with Gasteiger partial charge in [0.25, 0.3) is 0 Å². The van der Waals surface area contributed by atoms with Crippen molar-refractivity contribution in [3.63, 3.8) is 0 Å². The van der Waals surface area contributed by atoms with E-state index >= 15 is 0 Å². The van der Waals surface area contributed by atoms with Gasteiger partial charge in [0.15, 0.2) is 0 Å². The lowest BCUT2D eigenvalue weighted by Crippen LogP contribution is -2.40. The van der Waals surface area contributed by atoms with Gasteiger partial charge in [-0.25, -0.2) is 9.78 Å². The number of carbonyl (C=O) groups excluding carboxylic acids is 1. The summed E-state index contributed by atoms with van der Waals surface area (Å²) >= 11 is 0. The Hall–Kier alpha value is -2.03. The minimum atomic E-state index is -4.42. The second-order valence-electron chi connectivity index (χ2n) is 4.77. The van der Waals surface area contributed by atoms with Crippen molar-refractivity contribution >= 4 is 11.8 Å². The summed E-state index contributed by atoms with van der Waals surface area (Å²) in [5.41, 5.74) is 0.763. The number of nitrogens with one attached hydrogen (secondary N) is 2. The van der Waals surface area contributed by atoms with Crippen LogP contribution in [0.4, 0.5) is 23.8 Å². The first-order valence-corrected chi connectivity index (χ1v) is 6.80. The zero-order chi connectivity index (χ0) is 16.0. The number of aromatic nitrogens is 1. The Bertz CT molecular complexity index is 504. The summed E-state index contributed by atoms with van der Waals surface area (Å²) in [5.74, 6) is 0.762. The Morgan fingerprint density at radius 3 is 2.73 bits per heavy atom. The number of rotatable bonds is 4. The van der Waals surface area contributed by atoms with E-state index < -0.39 is 18.8 Å². The number of nitrogens with zero attached hydrogens (tertiary/aromatic N) is 2. The molecule has 1 aromatic rings. The molecule has 2 N–H and O–H groups in total. The van der Waals surface area contributed by atoms with Gasteiger partial charge in [0, 0.05) is 25.8 Å². The molecule has 0 aromatic carbocycles. The van der Waals surface area contributed by atoms with Crippen LogP contribution in [0.1, 0.15) is 5.56 Å². The van der Waals surface area contributed by atoms with Crippen molar-refractivity contribution in [3.05, 3.63) is 23.9 Å². The number of carbonyl (C=O) groups is 1. The maximum atomic E-state index is 12.0. The number of hydrogen-bond acceptors (Lipinski definition) is 4. The molecule has 6 nitrogen and oxygen atoms in total. The summed E-state index contributed by atoms with van der Waals surface area (Å²) in [6.45, 7) is 1.50. The predicted octanol–water partition coefficient (Wildman–Crippen LogP) is 1.28. The molecule has 2 rings (SSSR count). The van der Waals surface area contributed by atoms with Crippen molar-refractivity contribution < 1.29 is 22.7 Å². The molecule has 0 radical (unpaired) electrons. The summed E-state index contributed by atoms with van der Waals surface area (Å²) in [7, 11) is 0. The van der Waals surface area contributed by atoms with E-state index in [0.29, 0.717) is 13.2 Å². The number of hydrogen-bond donors (Lipinski definition) is 2. The first kappa shape index (κ1) is 16.3. The van der Waals surface area contributed by atoms with Crippen LogP contribution < -0.4 is 15.5 Å². The predicted molar refractivity (Wildman–Crippen MR) is 73.6 cm³/mol. The van der Waals surface area contributed by atoms with Crippen LogP contribution >= 0.6 is 0 Å². The number of alkyl halides is 3. The Kier molecular flexibility index (Phi) is 5.42. The number of urea groups is 1. The molecule has 1 fully saturated rings. The molecule has 2 amide bonds. The third-order valence-electron chi connectivity index (χ3n) is 3.05. The summed E-state index contributed by atoms with van der Waals surface area (Å²) in [6, 6.07) is 2.64. The average Bonchev–Trinajstić information content (AvgIpc) is 2.51. The second-order valence-corrected chi connectivity index (χ2v) is 4.77. The molecule has 0 unspecified atom stereocenters. The van der Waals surface area contributed by atoms with Crippen molar-refractivity contribution in [2.24, 2.45) is 0 Å². The van der Waals surface area contributed by atoms with Gasteiger partial charge in [0.2, 0.25) is 0 Å². The number of ether oxygens (including phenoxy) is 1. The molecule has 0 aliphatic carbocycles. The lowest BCUT2D eigenvalue weighted by Gasteiger charge is -2.28. The molecule has 0 bridgehead atoms. The fourth-order valence-electron chi connectivity index (χ4n) is 1.96. The zero-order valence-electron chi connectivity index (χ0n) is 11.8. The lowest BCUT2D eigenvalue weighted by molar-refractivity contribution is -0.122. The quantitative estimate of drug-likeness (QED) is 0.878. The average molecular weight is 318 g/mol. The highest BCUT2D eigenvalue weighted by atomic mass is 19.4. The number of halogens is 3. The minimum Gasteiger partial charge on any atom is -0.378 e. The largest absolute Gasteiger partial charge is 0.405 e. The van der Waals surface area contributed by atoms with Crippen LogP contribution in [0.3, 0.4) is 0 Å². The van der Waals surface area contributed by atoms with E-state index in [1.165, 1.54) is 0 Å². The number of morpholine rings is 1. The first-order chi connectivity index (χ1) is 10.4. The van der Waals surface area contributed by atoms with E-state index in [9.17, 15) is 18.0 Å². The van der Waals surface area contributed by atoms with Crippen LogP contribution in [0.5, 0.6) is 0 Å². The molecular weight excluding hydrogens is 301 g/mol. The smallest absolute Gasteiger partial charge is 0.378 e. The van der Waals surface area contributed by atoms with Crippen molar-refractivity contribution in [2.45, 2.75) is 12.7 Å². The van der Waals surface area contributed by atoms with E-state index in [1.807, 2.05) is 0 Å². The highest BCUT2D eigenvalue weighted by molar-refractivity contribution is 5.73. The van der Waals surface area contributed by atoms with Crippen molar-refractivity contribution in [1.82, 2.24) is 15.6 Å². The molecule has 1 aliphatic rings. The minimum absolute atomic E-state index is 0.129. The third-order valence-corrected chi connectivity index (χ3v) is 3.05. The number of pyridine rings is 1. The Morgan fingerprint density at radius 1 is 1.32 bits per heavy atom. The van der Waals surface area contributed by atoms with E-state index in [0.717, 1.165) is 24.5 Å². The van der Waals surface area contributed by atoms with E-state index in [4.69, 9.17) is 4.74 Å². The number of anilines is 1. The Balaban J connectivity index is 1.84. The SMILES string of the molecule is O=C(NCc1ccnc(N2CCOCC2)c1)NCC(F)(F)F. The topological polar surface area (TPSA) is 66.5 Å². The van der Waals surface area contributed by atoms with Gasteiger partial charge in [0.05, 0.1) is 13.2 Å². The second kappa shape index (κ2) is 7.30. The van der Waals surface area contributed by atoms with E-state index in [1.54, 1.807) is 23.6 Å². The van der Waals surface area contributed by atoms with Gasteiger partial charge in [-0.05, 0) is 17.7 Å². The van der Waals surface area contributed by atoms with Crippen LogP contribution in [-0.4, -0.2) is 50.0 Å². The van der Waals surface area contributed by atoms with Gasteiger partial charge in [-0.2, -0.15) is 13.2 Å². The van der Waals surface area contributed by atoms with Gasteiger partial charge in [-0.15, -0.1) is 0 Å². The molecule has 1 aliphatic heterocycles. The fourth-order valence-corrected chi connectivity index (χ4v) is 1.96. The molecule has 9 heteroatoms. The third kappa shape index (κ3) is 5.40. The highest BCUT2D eigenvalue weighted by Gasteiger charge is 2.27. The highest BCUT2D eigenvalue weighted by Crippen LogP contribution is 2.14. The Morgan fingerprint density at radius 2 is 2.05 bits per heavy atom.